The van der Waals surface area contributed by atoms with E-state index in [1.54, 1.807) is 16.8 Å². The zero-order valence-corrected chi connectivity index (χ0v) is 19.4. The van der Waals surface area contributed by atoms with Crippen LogP contribution in [0.1, 0.15) is 25.1 Å². The lowest BCUT2D eigenvalue weighted by atomic mass is 9.94. The highest BCUT2D eigenvalue weighted by molar-refractivity contribution is 6.16. The smallest absolute Gasteiger partial charge is 0.270 e. The molecule has 3 N–H and O–H groups in total. The summed E-state index contributed by atoms with van der Waals surface area (Å²) in [5.74, 6) is -0.0694. The minimum atomic E-state index is -0.645. The number of nitrogen functional groups attached to an aromatic ring is 1. The molecule has 9 nitrogen and oxygen atoms in total. The molecular formula is C25H24FN7O2. The molecule has 2 aliphatic heterocycles. The number of aromatic nitrogens is 3. The molecule has 2 aromatic heterocycles. The number of rotatable bonds is 4. The summed E-state index contributed by atoms with van der Waals surface area (Å²) >= 11 is 0. The largest absolute Gasteiger partial charge is 0.396 e. The molecule has 0 spiro atoms. The van der Waals surface area contributed by atoms with E-state index < -0.39 is 11.7 Å². The number of aliphatic imine (C=N–C) groups is 1. The van der Waals surface area contributed by atoms with Gasteiger partial charge in [0.2, 0.25) is 5.91 Å². The lowest BCUT2D eigenvalue weighted by molar-refractivity contribution is -0.133. The van der Waals surface area contributed by atoms with Crippen molar-refractivity contribution in [2.24, 2.45) is 4.99 Å². The van der Waals surface area contributed by atoms with Gasteiger partial charge >= 0.3 is 0 Å². The molecule has 0 bridgehead atoms. The number of nitrogens with two attached hydrogens (primary N) is 1. The molecule has 0 saturated heterocycles. The Balaban J connectivity index is 1.46. The number of nitrogens with zero attached hydrogens (tertiary/aromatic N) is 5. The van der Waals surface area contributed by atoms with E-state index in [0.717, 1.165) is 5.69 Å². The van der Waals surface area contributed by atoms with Crippen LogP contribution in [0.25, 0.3) is 16.3 Å². The summed E-state index contributed by atoms with van der Waals surface area (Å²) in [4.78, 5) is 34.2. The number of carbonyl (C=O) groups excluding carboxylic acids is 2. The van der Waals surface area contributed by atoms with Crippen molar-refractivity contribution in [3.8, 4) is 0 Å². The number of carbonyl (C=O) groups is 2. The van der Waals surface area contributed by atoms with E-state index in [0.29, 0.717) is 46.5 Å². The molecule has 1 aromatic carbocycles. The Kier molecular flexibility index (Phi) is 5.43. The van der Waals surface area contributed by atoms with Crippen LogP contribution >= 0.6 is 0 Å². The third kappa shape index (κ3) is 4.07. The zero-order valence-electron chi connectivity index (χ0n) is 19.4. The fourth-order valence-corrected chi connectivity index (χ4v) is 4.39. The van der Waals surface area contributed by atoms with Crippen molar-refractivity contribution in [1.29, 1.82) is 0 Å². The molecule has 0 fully saturated rings. The number of pyridine rings is 1. The first-order valence-corrected chi connectivity index (χ1v) is 11.2. The van der Waals surface area contributed by atoms with Crippen LogP contribution in [0, 0.1) is 5.82 Å². The van der Waals surface area contributed by atoms with Gasteiger partial charge in [-0.15, -0.1) is 0 Å². The number of hydrogen-bond donors (Lipinski definition) is 2. The summed E-state index contributed by atoms with van der Waals surface area (Å²) in [7, 11) is 0. The standard InChI is InChI=1S/C25H24FN7O2/c1-13(2)32-5-4-16-8-21(31-33(16)12-23(32)35)30-20-7-15-6-18(17-9-22(34)29-10-14(17)3)24(26)25(27)19(15)11-28-20/h6-11,13H,3-5,12,27H2,1-2H3,(H,28,30,31). The highest BCUT2D eigenvalue weighted by atomic mass is 19.1. The molecule has 178 valence electrons. The molecule has 2 amide bonds. The Bertz CT molecular complexity index is 1470. The van der Waals surface area contributed by atoms with E-state index in [9.17, 15) is 9.59 Å². The minimum Gasteiger partial charge on any atom is -0.396 e. The number of halogens is 1. The lowest BCUT2D eigenvalue weighted by Crippen LogP contribution is -2.38. The van der Waals surface area contributed by atoms with E-state index in [-0.39, 0.29) is 29.7 Å². The van der Waals surface area contributed by atoms with Crippen LogP contribution in [0.5, 0.6) is 0 Å². The van der Waals surface area contributed by atoms with Crippen molar-refractivity contribution >= 4 is 51.7 Å². The van der Waals surface area contributed by atoms with E-state index in [4.69, 9.17) is 5.73 Å². The third-order valence-electron chi connectivity index (χ3n) is 6.21. The highest BCUT2D eigenvalue weighted by Crippen LogP contribution is 2.34. The van der Waals surface area contributed by atoms with Crippen molar-refractivity contribution in [3.05, 3.63) is 59.7 Å². The SMILES string of the molecule is C=C1C=NC(=O)C=C1c1cc2cc(Nc3cc4n(n3)CC(=O)N(C(C)C)CC4)ncc2c(N)c1F. The highest BCUT2D eigenvalue weighted by Gasteiger charge is 2.24. The van der Waals surface area contributed by atoms with E-state index in [1.165, 1.54) is 18.5 Å². The Morgan fingerprint density at radius 3 is 2.77 bits per heavy atom. The van der Waals surface area contributed by atoms with Crippen molar-refractivity contribution in [2.75, 3.05) is 17.6 Å². The predicted molar refractivity (Wildman–Crippen MR) is 133 cm³/mol. The van der Waals surface area contributed by atoms with Crippen LogP contribution in [0.4, 0.5) is 21.7 Å². The summed E-state index contributed by atoms with van der Waals surface area (Å²) in [6, 6.07) is 5.38. The van der Waals surface area contributed by atoms with Crippen LogP contribution in [-0.2, 0) is 22.6 Å². The van der Waals surface area contributed by atoms with Crippen LogP contribution < -0.4 is 11.1 Å². The lowest BCUT2D eigenvalue weighted by Gasteiger charge is -2.24. The van der Waals surface area contributed by atoms with Crippen LogP contribution in [-0.4, -0.2) is 50.3 Å². The number of amides is 2. The van der Waals surface area contributed by atoms with Gasteiger partial charge in [0.1, 0.15) is 12.4 Å². The maximum Gasteiger partial charge on any atom is 0.270 e. The van der Waals surface area contributed by atoms with Gasteiger partial charge in [0.05, 0.1) is 5.69 Å². The topological polar surface area (TPSA) is 118 Å². The number of allylic oxidation sites excluding steroid dienone is 2. The van der Waals surface area contributed by atoms with E-state index in [2.05, 4.69) is 27.0 Å². The molecular weight excluding hydrogens is 449 g/mol. The molecule has 3 aromatic rings. The number of fused-ring (bicyclic) bond motifs is 2. The average molecular weight is 474 g/mol. The van der Waals surface area contributed by atoms with Crippen molar-refractivity contribution in [3.63, 3.8) is 0 Å². The van der Waals surface area contributed by atoms with Crippen LogP contribution in [0.3, 0.4) is 0 Å². The number of benzene rings is 1. The Morgan fingerprint density at radius 2 is 2.00 bits per heavy atom. The van der Waals surface area contributed by atoms with Gasteiger partial charge in [-0.1, -0.05) is 6.58 Å². The number of dihydropyridines is 1. The summed E-state index contributed by atoms with van der Waals surface area (Å²) in [6.45, 7) is 8.67. The maximum absolute atomic E-state index is 15.1. The fourth-order valence-electron chi connectivity index (χ4n) is 4.39. The third-order valence-corrected chi connectivity index (χ3v) is 6.21. The molecule has 5 rings (SSSR count). The molecule has 0 atom stereocenters. The first kappa shape index (κ1) is 22.5. The number of hydrogen-bond acceptors (Lipinski definition) is 6. The summed E-state index contributed by atoms with van der Waals surface area (Å²) in [5.41, 5.74) is 7.87. The summed E-state index contributed by atoms with van der Waals surface area (Å²) < 4.78 is 16.8. The normalized spacial score (nSPS) is 16.1. The molecule has 0 aliphatic carbocycles. The second-order valence-electron chi connectivity index (χ2n) is 8.86. The van der Waals surface area contributed by atoms with Gasteiger partial charge in [-0.2, -0.15) is 5.10 Å². The Hall–Kier alpha value is -4.34. The molecule has 35 heavy (non-hydrogen) atoms. The first-order chi connectivity index (χ1) is 16.7. The van der Waals surface area contributed by atoms with Crippen molar-refractivity contribution in [2.45, 2.75) is 32.9 Å². The second-order valence-corrected chi connectivity index (χ2v) is 8.86. The average Bonchev–Trinajstić information content (AvgIpc) is 3.10. The predicted octanol–water partition coefficient (Wildman–Crippen LogP) is 3.24. The summed E-state index contributed by atoms with van der Waals surface area (Å²) in [5, 5.41) is 8.76. The number of nitrogens with one attached hydrogen (secondary N) is 1. The molecule has 2 aliphatic rings. The maximum atomic E-state index is 15.1. The Labute approximate surface area is 200 Å². The molecule has 10 heteroatoms. The van der Waals surface area contributed by atoms with Crippen LogP contribution in [0.2, 0.25) is 0 Å². The van der Waals surface area contributed by atoms with Gasteiger partial charge in [0, 0.05) is 60.2 Å². The van der Waals surface area contributed by atoms with Gasteiger partial charge in [-0.05, 0) is 42.5 Å². The van der Waals surface area contributed by atoms with Gasteiger partial charge in [-0.25, -0.2) is 14.4 Å². The minimum absolute atomic E-state index is 0.0318. The molecule has 4 heterocycles. The second kappa shape index (κ2) is 8.46. The molecule has 0 radical (unpaired) electrons. The van der Waals surface area contributed by atoms with Gasteiger partial charge in [0.25, 0.3) is 5.91 Å². The van der Waals surface area contributed by atoms with E-state index in [1.807, 2.05) is 24.8 Å². The molecule has 0 saturated carbocycles. The summed E-state index contributed by atoms with van der Waals surface area (Å²) in [6.07, 6.45) is 4.74. The van der Waals surface area contributed by atoms with Crippen molar-refractivity contribution in [1.82, 2.24) is 19.7 Å². The first-order valence-electron chi connectivity index (χ1n) is 11.2. The zero-order chi connectivity index (χ0) is 24.9. The van der Waals surface area contributed by atoms with Gasteiger partial charge in [-0.3, -0.25) is 14.3 Å². The molecule has 0 unspecified atom stereocenters. The van der Waals surface area contributed by atoms with E-state index >= 15 is 4.39 Å². The van der Waals surface area contributed by atoms with Gasteiger partial charge < -0.3 is 16.0 Å². The van der Waals surface area contributed by atoms with Crippen LogP contribution in [0.15, 0.2) is 47.6 Å². The van der Waals surface area contributed by atoms with Gasteiger partial charge in [0.15, 0.2) is 11.6 Å². The fraction of sp³-hybridized carbons (Fsp3) is 0.240. The quantitative estimate of drug-likeness (QED) is 0.562. The Morgan fingerprint density at radius 1 is 1.20 bits per heavy atom. The monoisotopic (exact) mass is 473 g/mol. The van der Waals surface area contributed by atoms with Crippen molar-refractivity contribution < 1.29 is 14.0 Å². The number of anilines is 3.